The molecule has 0 aliphatic carbocycles. The summed E-state index contributed by atoms with van der Waals surface area (Å²) in [6, 6.07) is 0. The number of carboxylic acid groups (broad SMARTS) is 1. The Labute approximate surface area is 64.2 Å². The highest BCUT2D eigenvalue weighted by atomic mass is 35.5. The van der Waals surface area contributed by atoms with Crippen LogP contribution in [0, 0.1) is 0 Å². The van der Waals surface area contributed by atoms with E-state index in [1.54, 1.807) is 0 Å². The molecule has 0 amide bonds. The smallest absolute Gasteiger partial charge is 0.332 e. The lowest BCUT2D eigenvalue weighted by Gasteiger charge is -2.03. The van der Waals surface area contributed by atoms with Crippen molar-refractivity contribution in [1.82, 2.24) is 0 Å². The van der Waals surface area contributed by atoms with Crippen molar-refractivity contribution in [3.8, 4) is 0 Å². The van der Waals surface area contributed by atoms with Crippen molar-refractivity contribution in [1.29, 1.82) is 0 Å². The summed E-state index contributed by atoms with van der Waals surface area (Å²) in [6.45, 7) is 1.70. The van der Waals surface area contributed by atoms with Crippen molar-refractivity contribution in [2.24, 2.45) is 0 Å². The number of carboxylic acids is 1. The van der Waals surface area contributed by atoms with Crippen LogP contribution in [0.4, 0.5) is 0 Å². The van der Waals surface area contributed by atoms with Gasteiger partial charge < -0.3 is 9.84 Å². The first-order chi connectivity index (χ1) is 4.68. The lowest BCUT2D eigenvalue weighted by molar-refractivity contribution is -0.148. The van der Waals surface area contributed by atoms with E-state index in [1.165, 1.54) is 18.5 Å². The average molecular weight is 165 g/mol. The van der Waals surface area contributed by atoms with Gasteiger partial charge in [0, 0.05) is 5.54 Å². The summed E-state index contributed by atoms with van der Waals surface area (Å²) >= 11 is 5.16. The largest absolute Gasteiger partial charge is 0.479 e. The summed E-state index contributed by atoms with van der Waals surface area (Å²) in [5.41, 5.74) is 1.29. The average Bonchev–Trinajstić information content (AvgIpc) is 1.88. The van der Waals surface area contributed by atoms with E-state index in [1.807, 2.05) is 0 Å². The van der Waals surface area contributed by atoms with Crippen LogP contribution in [0.1, 0.15) is 6.92 Å². The first-order valence-corrected chi connectivity index (χ1v) is 3.21. The Bertz CT molecular complexity index is 133. The maximum Gasteiger partial charge on any atom is 0.332 e. The van der Waals surface area contributed by atoms with Crippen LogP contribution < -0.4 is 0 Å². The fraction of sp³-hybridized carbons (Fsp3) is 0.500. The predicted octanol–water partition coefficient (Wildman–Crippen LogP) is 1.23. The Balaban J connectivity index is 3.39. The molecule has 0 aliphatic rings. The molecule has 0 heterocycles. The van der Waals surface area contributed by atoms with E-state index in [9.17, 15) is 4.79 Å². The Hall–Kier alpha value is -0.540. The van der Waals surface area contributed by atoms with Crippen LogP contribution in [0.2, 0.25) is 0 Å². The Kier molecular flexibility index (Phi) is 4.98. The van der Waals surface area contributed by atoms with Crippen molar-refractivity contribution in [3.05, 3.63) is 11.6 Å². The zero-order chi connectivity index (χ0) is 7.98. The van der Waals surface area contributed by atoms with E-state index in [0.717, 1.165) is 0 Å². The predicted molar refractivity (Wildman–Crippen MR) is 38.0 cm³/mol. The number of halogens is 1. The van der Waals surface area contributed by atoms with Gasteiger partial charge in [-0.15, -0.1) is 0 Å². The fourth-order valence-corrected chi connectivity index (χ4v) is 0.380. The second kappa shape index (κ2) is 5.26. The highest BCUT2D eigenvalue weighted by molar-refractivity contribution is 6.25. The van der Waals surface area contributed by atoms with Gasteiger partial charge in [-0.3, -0.25) is 0 Å². The number of hydrogen-bond acceptors (Lipinski definition) is 2. The molecule has 0 saturated carbocycles. The second-order valence-corrected chi connectivity index (χ2v) is 1.93. The van der Waals surface area contributed by atoms with Crippen LogP contribution >= 0.6 is 11.6 Å². The Morgan fingerprint density at radius 3 is 2.90 bits per heavy atom. The van der Waals surface area contributed by atoms with Gasteiger partial charge in [0.1, 0.15) is 0 Å². The molecular formula is C6H9ClO3. The molecule has 0 bridgehead atoms. The van der Waals surface area contributed by atoms with Crippen molar-refractivity contribution in [3.63, 3.8) is 0 Å². The number of rotatable bonds is 4. The molecule has 1 N–H and O–H groups in total. The topological polar surface area (TPSA) is 46.5 Å². The molecule has 0 saturated heterocycles. The van der Waals surface area contributed by atoms with E-state index in [-0.39, 0.29) is 6.61 Å². The monoisotopic (exact) mass is 164 g/mol. The van der Waals surface area contributed by atoms with E-state index >= 15 is 0 Å². The van der Waals surface area contributed by atoms with Gasteiger partial charge in [0.05, 0.1) is 6.61 Å². The molecular weight excluding hydrogens is 156 g/mol. The minimum absolute atomic E-state index is 0.233. The zero-order valence-electron chi connectivity index (χ0n) is 5.58. The number of hydrogen-bond donors (Lipinski definition) is 1. The molecule has 4 heteroatoms. The van der Waals surface area contributed by atoms with Gasteiger partial charge >= 0.3 is 5.97 Å². The van der Waals surface area contributed by atoms with E-state index in [2.05, 4.69) is 0 Å². The third-order valence-electron chi connectivity index (χ3n) is 0.879. The first kappa shape index (κ1) is 9.46. The van der Waals surface area contributed by atoms with Gasteiger partial charge in [0.15, 0.2) is 6.10 Å². The normalized spacial score (nSPS) is 13.8. The van der Waals surface area contributed by atoms with Crippen LogP contribution in [0.25, 0.3) is 0 Å². The molecule has 0 aromatic carbocycles. The summed E-state index contributed by atoms with van der Waals surface area (Å²) in [4.78, 5) is 10.1. The fourth-order valence-electron chi connectivity index (χ4n) is 0.308. The van der Waals surface area contributed by atoms with Gasteiger partial charge in [0.25, 0.3) is 0 Å². The van der Waals surface area contributed by atoms with E-state index in [4.69, 9.17) is 21.4 Å². The first-order valence-electron chi connectivity index (χ1n) is 2.78. The summed E-state index contributed by atoms with van der Waals surface area (Å²) in [5.74, 6) is -0.969. The highest BCUT2D eigenvalue weighted by Gasteiger charge is 2.08. The third kappa shape index (κ3) is 4.35. The molecule has 0 fully saturated rings. The van der Waals surface area contributed by atoms with Crippen LogP contribution in [0.3, 0.4) is 0 Å². The molecule has 0 radical (unpaired) electrons. The van der Waals surface area contributed by atoms with E-state index < -0.39 is 12.1 Å². The minimum atomic E-state index is -0.969. The molecule has 0 aromatic rings. The van der Waals surface area contributed by atoms with Crippen LogP contribution in [0.15, 0.2) is 11.6 Å². The summed E-state index contributed by atoms with van der Waals surface area (Å²) in [7, 11) is 0. The summed E-state index contributed by atoms with van der Waals surface area (Å²) in [5, 5.41) is 8.30. The standard InChI is InChI=1S/C6H9ClO3/c1-5(6(8)9)10-4-2-3-7/h2-3,5H,4H2,1H3,(H,8,9)/b3-2+. The quantitative estimate of drug-likeness (QED) is 0.680. The van der Waals surface area contributed by atoms with Crippen LogP contribution in [-0.4, -0.2) is 23.8 Å². The SMILES string of the molecule is CC(OC/C=C/Cl)C(=O)O. The molecule has 10 heavy (non-hydrogen) atoms. The summed E-state index contributed by atoms with van der Waals surface area (Å²) in [6.07, 6.45) is 0.758. The maximum absolute atomic E-state index is 10.1. The number of ether oxygens (including phenoxy) is 1. The van der Waals surface area contributed by atoms with Gasteiger partial charge in [0.2, 0.25) is 0 Å². The van der Waals surface area contributed by atoms with Gasteiger partial charge in [-0.2, -0.15) is 0 Å². The number of aliphatic carboxylic acids is 1. The van der Waals surface area contributed by atoms with Crippen molar-refractivity contribution >= 4 is 17.6 Å². The lowest BCUT2D eigenvalue weighted by atomic mass is 10.4. The summed E-state index contributed by atoms with van der Waals surface area (Å²) < 4.78 is 4.77. The Morgan fingerprint density at radius 2 is 2.50 bits per heavy atom. The zero-order valence-corrected chi connectivity index (χ0v) is 6.34. The minimum Gasteiger partial charge on any atom is -0.479 e. The van der Waals surface area contributed by atoms with Crippen molar-refractivity contribution in [2.75, 3.05) is 6.61 Å². The van der Waals surface area contributed by atoms with Gasteiger partial charge in [-0.1, -0.05) is 11.6 Å². The third-order valence-corrected chi connectivity index (χ3v) is 1.06. The molecule has 0 aromatic heterocycles. The van der Waals surface area contributed by atoms with Crippen molar-refractivity contribution < 1.29 is 14.6 Å². The second-order valence-electron chi connectivity index (χ2n) is 1.68. The van der Waals surface area contributed by atoms with Gasteiger partial charge in [-0.05, 0) is 13.0 Å². The molecule has 0 spiro atoms. The van der Waals surface area contributed by atoms with E-state index in [0.29, 0.717) is 0 Å². The van der Waals surface area contributed by atoms with Crippen LogP contribution in [-0.2, 0) is 9.53 Å². The maximum atomic E-state index is 10.1. The molecule has 1 unspecified atom stereocenters. The Morgan fingerprint density at radius 1 is 1.90 bits per heavy atom. The van der Waals surface area contributed by atoms with Crippen molar-refractivity contribution in [2.45, 2.75) is 13.0 Å². The van der Waals surface area contributed by atoms with Crippen LogP contribution in [0.5, 0.6) is 0 Å². The molecule has 1 atom stereocenters. The highest BCUT2D eigenvalue weighted by Crippen LogP contribution is 1.90. The molecule has 3 nitrogen and oxygen atoms in total. The van der Waals surface area contributed by atoms with Gasteiger partial charge in [-0.25, -0.2) is 4.79 Å². The lowest BCUT2D eigenvalue weighted by Crippen LogP contribution is -2.19. The molecule has 0 rings (SSSR count). The molecule has 58 valence electrons. The number of carbonyl (C=O) groups is 1. The molecule has 0 aliphatic heterocycles.